The molecule has 0 aliphatic heterocycles. The molecule has 0 spiro atoms. The monoisotopic (exact) mass is 365 g/mol. The van der Waals surface area contributed by atoms with Crippen LogP contribution in [-0.4, -0.2) is 16.3 Å². The quantitative estimate of drug-likeness (QED) is 0.710. The van der Waals surface area contributed by atoms with E-state index in [1.54, 1.807) is 6.20 Å². The van der Waals surface area contributed by atoms with E-state index >= 15 is 0 Å². The van der Waals surface area contributed by atoms with Crippen LogP contribution in [-0.2, 0) is 6.54 Å². The van der Waals surface area contributed by atoms with E-state index in [2.05, 4.69) is 24.3 Å². The molecule has 2 aromatic rings. The van der Waals surface area contributed by atoms with E-state index in [4.69, 9.17) is 34.8 Å². The Labute approximate surface area is 144 Å². The largest absolute Gasteiger partial charge is 0.305 e. The first-order valence-electron chi connectivity index (χ1n) is 6.97. The fraction of sp³-hybridized carbons (Fsp3) is 0.500. The van der Waals surface area contributed by atoms with Crippen LogP contribution < -0.4 is 5.32 Å². The lowest BCUT2D eigenvalue weighted by Crippen LogP contribution is -2.26. The van der Waals surface area contributed by atoms with Crippen molar-refractivity contribution in [1.29, 1.82) is 0 Å². The second-order valence-corrected chi connectivity index (χ2v) is 7.46. The van der Waals surface area contributed by atoms with Crippen LogP contribution in [0.1, 0.15) is 44.0 Å². The molecule has 1 N–H and O–H groups in total. The topological polar surface area (TPSA) is 29.9 Å². The van der Waals surface area contributed by atoms with Gasteiger partial charge in [-0.3, -0.25) is 4.68 Å². The Morgan fingerprint density at radius 1 is 1.29 bits per heavy atom. The molecule has 1 atom stereocenters. The number of nitrogens with one attached hydrogen (secondary N) is 1. The zero-order valence-corrected chi connectivity index (χ0v) is 15.1. The number of aryl methyl sites for hydroxylation is 1. The van der Waals surface area contributed by atoms with Gasteiger partial charge in [0.1, 0.15) is 0 Å². The first-order valence-corrected chi connectivity index (χ1v) is 8.92. The van der Waals surface area contributed by atoms with Gasteiger partial charge in [-0.25, -0.2) is 0 Å². The zero-order valence-electron chi connectivity index (χ0n) is 12.0. The highest BCUT2D eigenvalue weighted by molar-refractivity contribution is 7.20. The molecule has 0 aliphatic carbocycles. The molecular weight excluding hydrogens is 349 g/mol. The highest BCUT2D eigenvalue weighted by Gasteiger charge is 2.25. The second-order valence-electron chi connectivity index (χ2n) is 4.77. The number of halogens is 3. The normalized spacial score (nSPS) is 12.8. The van der Waals surface area contributed by atoms with Crippen molar-refractivity contribution >= 4 is 46.1 Å². The maximum Gasteiger partial charge on any atom is 0.0996 e. The summed E-state index contributed by atoms with van der Waals surface area (Å²) in [6.45, 7) is 5.92. The summed E-state index contributed by atoms with van der Waals surface area (Å²) in [6.07, 6.45) is 3.70. The summed E-state index contributed by atoms with van der Waals surface area (Å²) in [5.74, 6) is 0. The predicted octanol–water partition coefficient (Wildman–Crippen LogP) is 5.40. The van der Waals surface area contributed by atoms with Crippen LogP contribution in [0.5, 0.6) is 0 Å². The van der Waals surface area contributed by atoms with E-state index in [1.807, 2.05) is 10.7 Å². The maximum absolute atomic E-state index is 6.37. The summed E-state index contributed by atoms with van der Waals surface area (Å²) < 4.78 is 3.31. The molecule has 0 bridgehead atoms. The van der Waals surface area contributed by atoms with Crippen LogP contribution in [0.3, 0.4) is 0 Å². The molecule has 2 aromatic heterocycles. The molecule has 0 saturated carbocycles. The smallest absolute Gasteiger partial charge is 0.0996 e. The minimum atomic E-state index is -0.0947. The lowest BCUT2D eigenvalue weighted by atomic mass is 10.1. The maximum atomic E-state index is 6.37. The van der Waals surface area contributed by atoms with E-state index in [9.17, 15) is 0 Å². The molecule has 0 aromatic carbocycles. The van der Waals surface area contributed by atoms with Crippen LogP contribution in [0.2, 0.25) is 13.7 Å². The predicted molar refractivity (Wildman–Crippen MR) is 92.0 cm³/mol. The Morgan fingerprint density at radius 2 is 2.05 bits per heavy atom. The minimum absolute atomic E-state index is 0.0947. The van der Waals surface area contributed by atoms with Gasteiger partial charge in [0, 0.05) is 12.1 Å². The molecular formula is C14H18Cl3N3S. The van der Waals surface area contributed by atoms with Crippen LogP contribution in [0.15, 0.2) is 12.3 Å². The van der Waals surface area contributed by atoms with Crippen molar-refractivity contribution < 1.29 is 0 Å². The van der Waals surface area contributed by atoms with Crippen LogP contribution in [0, 0.1) is 0 Å². The highest BCUT2D eigenvalue weighted by Crippen LogP contribution is 2.39. The van der Waals surface area contributed by atoms with Crippen molar-refractivity contribution in [2.24, 2.45) is 0 Å². The average Bonchev–Trinajstić information content (AvgIpc) is 2.96. The van der Waals surface area contributed by atoms with E-state index in [-0.39, 0.29) is 6.04 Å². The van der Waals surface area contributed by atoms with Crippen LogP contribution in [0.25, 0.3) is 0 Å². The summed E-state index contributed by atoms with van der Waals surface area (Å²) in [6, 6.07) is 1.81. The van der Waals surface area contributed by atoms with E-state index < -0.39 is 0 Å². The summed E-state index contributed by atoms with van der Waals surface area (Å²) in [4.78, 5) is 0. The first-order chi connectivity index (χ1) is 10.1. The van der Waals surface area contributed by atoms with E-state index in [0.717, 1.165) is 37.2 Å². The second kappa shape index (κ2) is 7.84. The lowest BCUT2D eigenvalue weighted by molar-refractivity contribution is 0.512. The molecule has 2 rings (SSSR count). The SMILES string of the molecule is CCCNC(c1cc(Cl)sc1Cl)c1c(Cl)cnn1CCC. The molecule has 116 valence electrons. The molecule has 7 heteroatoms. The molecule has 1 unspecified atom stereocenters. The molecule has 21 heavy (non-hydrogen) atoms. The number of aromatic nitrogens is 2. The Morgan fingerprint density at radius 3 is 2.62 bits per heavy atom. The number of rotatable bonds is 7. The van der Waals surface area contributed by atoms with Crippen LogP contribution in [0.4, 0.5) is 0 Å². The lowest BCUT2D eigenvalue weighted by Gasteiger charge is -2.20. The molecule has 2 heterocycles. The Bertz CT molecular complexity index is 594. The fourth-order valence-corrected chi connectivity index (χ4v) is 4.02. The van der Waals surface area contributed by atoms with Crippen molar-refractivity contribution in [3.63, 3.8) is 0 Å². The van der Waals surface area contributed by atoms with Gasteiger partial charge in [0.15, 0.2) is 0 Å². The van der Waals surface area contributed by atoms with Gasteiger partial charge in [-0.1, -0.05) is 48.7 Å². The molecule has 0 aliphatic rings. The van der Waals surface area contributed by atoms with Gasteiger partial charge >= 0.3 is 0 Å². The summed E-state index contributed by atoms with van der Waals surface area (Å²) in [7, 11) is 0. The molecule has 0 radical (unpaired) electrons. The number of hydrogen-bond donors (Lipinski definition) is 1. The van der Waals surface area contributed by atoms with Crippen molar-refractivity contribution in [1.82, 2.24) is 15.1 Å². The third kappa shape index (κ3) is 3.93. The van der Waals surface area contributed by atoms with Gasteiger partial charge < -0.3 is 5.32 Å². The van der Waals surface area contributed by atoms with Crippen molar-refractivity contribution in [2.45, 2.75) is 39.3 Å². The Kier molecular flexibility index (Phi) is 6.38. The molecule has 3 nitrogen and oxygen atoms in total. The van der Waals surface area contributed by atoms with Gasteiger partial charge in [-0.2, -0.15) is 5.10 Å². The third-order valence-electron chi connectivity index (χ3n) is 3.13. The summed E-state index contributed by atoms with van der Waals surface area (Å²) >= 11 is 20.2. The van der Waals surface area contributed by atoms with Gasteiger partial charge in [0.05, 0.1) is 31.6 Å². The van der Waals surface area contributed by atoms with Gasteiger partial charge in [0.2, 0.25) is 0 Å². The zero-order chi connectivity index (χ0) is 15.4. The van der Waals surface area contributed by atoms with E-state index in [0.29, 0.717) is 13.7 Å². The molecule has 0 amide bonds. The van der Waals surface area contributed by atoms with Crippen molar-refractivity contribution in [3.8, 4) is 0 Å². The van der Waals surface area contributed by atoms with Crippen LogP contribution >= 0.6 is 46.1 Å². The summed E-state index contributed by atoms with van der Waals surface area (Å²) in [5, 5.41) is 8.52. The average molecular weight is 367 g/mol. The fourth-order valence-electron chi connectivity index (χ4n) is 2.24. The standard InChI is InChI=1S/C14H18Cl3N3S/c1-3-5-18-12(9-7-11(16)21-14(9)17)13-10(15)8-19-20(13)6-4-2/h7-8,12,18H,3-6H2,1-2H3. The number of thiophene rings is 1. The van der Waals surface area contributed by atoms with Gasteiger partial charge in [-0.05, 0) is 25.5 Å². The molecule has 0 fully saturated rings. The summed E-state index contributed by atoms with van der Waals surface area (Å²) in [5.41, 5.74) is 1.91. The number of nitrogens with zero attached hydrogens (tertiary/aromatic N) is 2. The van der Waals surface area contributed by atoms with Crippen molar-refractivity contribution in [3.05, 3.63) is 37.2 Å². The van der Waals surface area contributed by atoms with Crippen molar-refractivity contribution in [2.75, 3.05) is 6.54 Å². The Balaban J connectivity index is 2.45. The third-order valence-corrected chi connectivity index (χ3v) is 4.94. The Hall–Kier alpha value is -0.260. The highest BCUT2D eigenvalue weighted by atomic mass is 35.5. The minimum Gasteiger partial charge on any atom is -0.305 e. The molecule has 0 saturated heterocycles. The van der Waals surface area contributed by atoms with E-state index in [1.165, 1.54) is 11.3 Å². The number of hydrogen-bond acceptors (Lipinski definition) is 3. The first kappa shape index (κ1) is 17.1. The van der Waals surface area contributed by atoms with Gasteiger partial charge in [-0.15, -0.1) is 11.3 Å². The van der Waals surface area contributed by atoms with Gasteiger partial charge in [0.25, 0.3) is 0 Å².